The van der Waals surface area contributed by atoms with Crippen LogP contribution in [-0.4, -0.2) is 93.4 Å². The molecular formula is C39H55N5O7S. The number of nitrogens with two attached hydrogens (primary N) is 1. The Morgan fingerprint density at radius 1 is 0.904 bits per heavy atom. The van der Waals surface area contributed by atoms with Crippen LogP contribution in [0, 0.1) is 0 Å². The van der Waals surface area contributed by atoms with Gasteiger partial charge in [-0.15, -0.1) is 0 Å². The number of rotatable bonds is 21. The molecule has 2 aromatic carbocycles. The van der Waals surface area contributed by atoms with Crippen LogP contribution in [0.25, 0.3) is 11.3 Å². The third-order valence-electron chi connectivity index (χ3n) is 8.98. The Morgan fingerprint density at radius 2 is 1.60 bits per heavy atom. The fourth-order valence-corrected chi connectivity index (χ4v) is 6.37. The average Bonchev–Trinajstić information content (AvgIpc) is 3.13. The molecule has 0 bridgehead atoms. The second-order valence-electron chi connectivity index (χ2n) is 14.1. The van der Waals surface area contributed by atoms with Gasteiger partial charge in [0.25, 0.3) is 5.91 Å². The molecular weight excluding hydrogens is 683 g/mol. The van der Waals surface area contributed by atoms with Crippen molar-refractivity contribution < 1.29 is 34.4 Å². The van der Waals surface area contributed by atoms with Gasteiger partial charge in [-0.25, -0.2) is 0 Å². The molecule has 0 saturated carbocycles. The zero-order chi connectivity index (χ0) is 38.5. The van der Waals surface area contributed by atoms with Crippen molar-refractivity contribution in [2.45, 2.75) is 82.4 Å². The van der Waals surface area contributed by atoms with E-state index in [1.165, 1.54) is 6.20 Å². The number of benzene rings is 2. The molecule has 3 amide bonds. The first-order valence-electron chi connectivity index (χ1n) is 17.6. The minimum atomic E-state index is -1.45. The van der Waals surface area contributed by atoms with Crippen LogP contribution in [0.1, 0.15) is 87.1 Å². The number of aromatic nitrogens is 1. The Morgan fingerprint density at radius 3 is 2.23 bits per heavy atom. The van der Waals surface area contributed by atoms with E-state index in [0.29, 0.717) is 46.9 Å². The molecule has 0 spiro atoms. The second kappa shape index (κ2) is 19.2. The number of hydrogen-bond acceptors (Lipinski definition) is 10. The van der Waals surface area contributed by atoms with Crippen LogP contribution in [0.15, 0.2) is 60.8 Å². The molecule has 3 rings (SSSR count). The van der Waals surface area contributed by atoms with Gasteiger partial charge in [-0.3, -0.25) is 19.4 Å². The lowest BCUT2D eigenvalue weighted by Crippen LogP contribution is -2.57. The lowest BCUT2D eigenvalue weighted by atomic mass is 9.99. The Hall–Kier alpha value is -4.01. The number of primary amides is 1. The van der Waals surface area contributed by atoms with Crippen molar-refractivity contribution in [3.63, 3.8) is 0 Å². The number of nitrogens with zero attached hydrogens (tertiary/aromatic N) is 2. The summed E-state index contributed by atoms with van der Waals surface area (Å²) in [7, 11) is 0. The molecule has 284 valence electrons. The first-order chi connectivity index (χ1) is 24.6. The Bertz CT molecular complexity index is 1650. The summed E-state index contributed by atoms with van der Waals surface area (Å²) in [6, 6.07) is 16.5. The maximum absolute atomic E-state index is 13.6. The summed E-state index contributed by atoms with van der Waals surface area (Å²) in [5.74, 6) is -0.543. The van der Waals surface area contributed by atoms with E-state index < -0.39 is 36.9 Å². The van der Waals surface area contributed by atoms with Gasteiger partial charge in [0, 0.05) is 65.2 Å². The van der Waals surface area contributed by atoms with Crippen molar-refractivity contribution in [1.29, 1.82) is 0 Å². The molecule has 52 heavy (non-hydrogen) atoms. The minimum absolute atomic E-state index is 0.110. The highest BCUT2D eigenvalue weighted by Crippen LogP contribution is 2.34. The Balaban J connectivity index is 1.63. The number of aliphatic hydroxyl groups excluding tert-OH is 3. The fourth-order valence-electron chi connectivity index (χ4n) is 5.40. The van der Waals surface area contributed by atoms with E-state index in [9.17, 15) is 29.7 Å². The van der Waals surface area contributed by atoms with E-state index in [-0.39, 0.29) is 23.0 Å². The summed E-state index contributed by atoms with van der Waals surface area (Å²) in [6.45, 7) is 12.6. The summed E-state index contributed by atoms with van der Waals surface area (Å²) in [5.41, 5.74) is 8.07. The van der Waals surface area contributed by atoms with E-state index in [1.54, 1.807) is 30.0 Å². The number of pyridine rings is 1. The molecule has 0 saturated heterocycles. The summed E-state index contributed by atoms with van der Waals surface area (Å²) < 4.78 is 6.00. The average molecular weight is 738 g/mol. The standard InChI is InChI=1S/C39H55N5O7S/c1-7-44(8-2)30-12-13-32(31(22-30)33-21-28(35(40)49)15-18-41-33)42-36(50)29-11-9-10-27(20-29)23-52-38(5,6)17-19-51-37(3,4)16-14-34(48)43-39(24-45,25-46)26-47/h9-13,15,18,20-22,45-47H,7-8,14,16-17,19,23-26H2,1-6H3,(H2,40,49)(H,42,50)(H,43,48). The van der Waals surface area contributed by atoms with Crippen LogP contribution >= 0.6 is 11.8 Å². The van der Waals surface area contributed by atoms with Gasteiger partial charge in [-0.1, -0.05) is 26.0 Å². The van der Waals surface area contributed by atoms with Crippen molar-refractivity contribution in [1.82, 2.24) is 10.3 Å². The largest absolute Gasteiger partial charge is 0.394 e. The van der Waals surface area contributed by atoms with Crippen molar-refractivity contribution in [2.24, 2.45) is 5.73 Å². The third kappa shape index (κ3) is 12.3. The number of ether oxygens (including phenoxy) is 1. The number of amides is 3. The molecule has 0 aliphatic carbocycles. The fraction of sp³-hybridized carbons (Fsp3) is 0.487. The van der Waals surface area contributed by atoms with E-state index in [1.807, 2.05) is 50.2 Å². The molecule has 0 atom stereocenters. The normalized spacial score (nSPS) is 12.0. The number of aliphatic hydroxyl groups is 3. The quantitative estimate of drug-likeness (QED) is 0.0891. The van der Waals surface area contributed by atoms with Crippen molar-refractivity contribution in [3.8, 4) is 11.3 Å². The lowest BCUT2D eigenvalue weighted by Gasteiger charge is -2.31. The van der Waals surface area contributed by atoms with Gasteiger partial charge in [-0.05, 0) is 88.6 Å². The summed E-state index contributed by atoms with van der Waals surface area (Å²) >= 11 is 1.75. The summed E-state index contributed by atoms with van der Waals surface area (Å²) in [4.78, 5) is 44.6. The van der Waals surface area contributed by atoms with Crippen molar-refractivity contribution >= 4 is 40.9 Å². The number of thioether (sulfide) groups is 1. The zero-order valence-corrected chi connectivity index (χ0v) is 32.0. The molecule has 12 nitrogen and oxygen atoms in total. The van der Waals surface area contributed by atoms with Crippen LogP contribution in [0.2, 0.25) is 0 Å². The maximum atomic E-state index is 13.6. The van der Waals surface area contributed by atoms with E-state index >= 15 is 0 Å². The van der Waals surface area contributed by atoms with E-state index in [4.69, 9.17) is 10.5 Å². The van der Waals surface area contributed by atoms with Gasteiger partial charge in [0.15, 0.2) is 0 Å². The molecule has 3 aromatic rings. The second-order valence-corrected chi connectivity index (χ2v) is 15.7. The van der Waals surface area contributed by atoms with Crippen molar-refractivity contribution in [2.75, 3.05) is 49.7 Å². The van der Waals surface area contributed by atoms with Gasteiger partial charge in [-0.2, -0.15) is 11.8 Å². The topological polar surface area (TPSA) is 187 Å². The number of carbonyl (C=O) groups excluding carboxylic acids is 3. The SMILES string of the molecule is CCN(CC)c1ccc(NC(=O)c2cccc(CSC(C)(C)CCOC(C)(C)CCC(=O)NC(CO)(CO)CO)c2)c(-c2cc(C(N)=O)ccn2)c1. The maximum Gasteiger partial charge on any atom is 0.255 e. The zero-order valence-electron chi connectivity index (χ0n) is 31.2. The molecule has 0 fully saturated rings. The first-order valence-corrected chi connectivity index (χ1v) is 18.6. The van der Waals surface area contributed by atoms with Gasteiger partial charge < -0.3 is 41.3 Å². The van der Waals surface area contributed by atoms with Crippen LogP contribution < -0.4 is 21.3 Å². The molecule has 7 N–H and O–H groups in total. The molecule has 1 aromatic heterocycles. The minimum Gasteiger partial charge on any atom is -0.394 e. The van der Waals surface area contributed by atoms with Gasteiger partial charge in [0.2, 0.25) is 11.8 Å². The van der Waals surface area contributed by atoms with Gasteiger partial charge >= 0.3 is 0 Å². The monoisotopic (exact) mass is 737 g/mol. The molecule has 0 aliphatic heterocycles. The van der Waals surface area contributed by atoms with Crippen LogP contribution in [0.5, 0.6) is 0 Å². The molecule has 0 aliphatic rings. The lowest BCUT2D eigenvalue weighted by molar-refractivity contribution is -0.127. The number of anilines is 2. The van der Waals surface area contributed by atoms with Crippen LogP contribution in [-0.2, 0) is 15.3 Å². The number of carbonyl (C=O) groups is 3. The van der Waals surface area contributed by atoms with Crippen LogP contribution in [0.3, 0.4) is 0 Å². The Labute approximate surface area is 311 Å². The highest BCUT2D eigenvalue weighted by Gasteiger charge is 2.31. The number of hydrogen-bond donors (Lipinski definition) is 6. The summed E-state index contributed by atoms with van der Waals surface area (Å²) in [5, 5.41) is 34.0. The third-order valence-corrected chi connectivity index (χ3v) is 10.4. The van der Waals surface area contributed by atoms with E-state index in [0.717, 1.165) is 30.8 Å². The summed E-state index contributed by atoms with van der Waals surface area (Å²) in [6.07, 6.45) is 2.80. The van der Waals surface area contributed by atoms with E-state index in [2.05, 4.69) is 48.2 Å². The van der Waals surface area contributed by atoms with Crippen LogP contribution in [0.4, 0.5) is 11.4 Å². The predicted octanol–water partition coefficient (Wildman–Crippen LogP) is 4.76. The molecule has 1 heterocycles. The highest BCUT2D eigenvalue weighted by molar-refractivity contribution is 7.99. The highest BCUT2D eigenvalue weighted by atomic mass is 32.2. The molecule has 0 unspecified atom stereocenters. The Kier molecular flexibility index (Phi) is 15.6. The molecule has 0 radical (unpaired) electrons. The first kappa shape index (κ1) is 42.4. The van der Waals surface area contributed by atoms with Gasteiger partial charge in [0.1, 0.15) is 5.54 Å². The predicted molar refractivity (Wildman–Crippen MR) is 208 cm³/mol. The van der Waals surface area contributed by atoms with Gasteiger partial charge in [0.05, 0.1) is 36.8 Å². The van der Waals surface area contributed by atoms with Crippen molar-refractivity contribution in [3.05, 3.63) is 77.5 Å². The number of nitrogens with one attached hydrogen (secondary N) is 2. The molecule has 13 heteroatoms. The smallest absolute Gasteiger partial charge is 0.255 e.